The number of alkyl halides is 1. The number of hydrogen-bond acceptors (Lipinski definition) is 4. The highest BCUT2D eigenvalue weighted by Gasteiger charge is 2.10. The molecule has 0 N–H and O–H groups in total. The van der Waals surface area contributed by atoms with Crippen molar-refractivity contribution in [3.63, 3.8) is 0 Å². The van der Waals surface area contributed by atoms with Gasteiger partial charge in [0.1, 0.15) is 15.8 Å². The Hall–Kier alpha value is -1.13. The Morgan fingerprint density at radius 1 is 1.29 bits per heavy atom. The van der Waals surface area contributed by atoms with E-state index in [0.717, 1.165) is 21.3 Å². The van der Waals surface area contributed by atoms with Crippen LogP contribution in [0.5, 0.6) is 5.75 Å². The van der Waals surface area contributed by atoms with E-state index in [2.05, 4.69) is 10.2 Å². The van der Waals surface area contributed by atoms with Crippen LogP contribution in [0.25, 0.3) is 10.6 Å². The van der Waals surface area contributed by atoms with Gasteiger partial charge in [-0.25, -0.2) is 0 Å². The van der Waals surface area contributed by atoms with Crippen molar-refractivity contribution in [3.05, 3.63) is 29.3 Å². The van der Waals surface area contributed by atoms with Gasteiger partial charge in [-0.2, -0.15) is 0 Å². The van der Waals surface area contributed by atoms with Crippen molar-refractivity contribution in [2.75, 3.05) is 6.61 Å². The van der Waals surface area contributed by atoms with Gasteiger partial charge in [0.15, 0.2) is 0 Å². The summed E-state index contributed by atoms with van der Waals surface area (Å²) < 4.78 is 5.39. The van der Waals surface area contributed by atoms with E-state index in [0.29, 0.717) is 6.61 Å². The van der Waals surface area contributed by atoms with Crippen molar-refractivity contribution >= 4 is 22.9 Å². The monoisotopic (exact) mass is 268 g/mol. The summed E-state index contributed by atoms with van der Waals surface area (Å²) in [6.07, 6.45) is 0. The lowest BCUT2D eigenvalue weighted by atomic mass is 10.2. The Bertz CT molecular complexity index is 482. The number of rotatable bonds is 4. The molecular weight excluding hydrogens is 256 g/mol. The quantitative estimate of drug-likeness (QED) is 0.789. The molecule has 1 aromatic carbocycles. The molecular formula is C12H13ClN2OS. The lowest BCUT2D eigenvalue weighted by Gasteiger charge is -2.02. The maximum atomic E-state index is 5.96. The standard InChI is InChI=1S/C12H13ClN2OS/c1-3-16-10-6-4-9(5-7-10)12-15-14-11(17-12)8(2)13/h4-8H,3H2,1-2H3. The van der Waals surface area contributed by atoms with Crippen LogP contribution in [0.3, 0.4) is 0 Å². The molecule has 0 radical (unpaired) electrons. The molecule has 1 heterocycles. The molecule has 0 bridgehead atoms. The molecule has 0 saturated heterocycles. The molecule has 1 atom stereocenters. The largest absolute Gasteiger partial charge is 0.494 e. The molecule has 0 aliphatic carbocycles. The van der Waals surface area contributed by atoms with E-state index in [-0.39, 0.29) is 5.38 Å². The summed E-state index contributed by atoms with van der Waals surface area (Å²) in [7, 11) is 0. The summed E-state index contributed by atoms with van der Waals surface area (Å²) in [5.74, 6) is 0.867. The lowest BCUT2D eigenvalue weighted by molar-refractivity contribution is 0.340. The third-order valence-corrected chi connectivity index (χ3v) is 3.68. The molecule has 17 heavy (non-hydrogen) atoms. The molecule has 1 unspecified atom stereocenters. The zero-order valence-corrected chi connectivity index (χ0v) is 11.3. The molecule has 2 rings (SSSR count). The first kappa shape index (κ1) is 12.3. The van der Waals surface area contributed by atoms with Crippen LogP contribution in [-0.4, -0.2) is 16.8 Å². The summed E-state index contributed by atoms with van der Waals surface area (Å²) in [5.41, 5.74) is 1.04. The second-order valence-corrected chi connectivity index (χ2v) is 5.18. The first-order chi connectivity index (χ1) is 8.20. The zero-order chi connectivity index (χ0) is 12.3. The minimum absolute atomic E-state index is 0.0936. The molecule has 0 saturated carbocycles. The Labute approximate surface area is 109 Å². The van der Waals surface area contributed by atoms with Crippen molar-refractivity contribution in [2.24, 2.45) is 0 Å². The summed E-state index contributed by atoms with van der Waals surface area (Å²) in [5, 5.41) is 9.82. The first-order valence-electron chi connectivity index (χ1n) is 5.41. The van der Waals surface area contributed by atoms with E-state index in [4.69, 9.17) is 16.3 Å². The van der Waals surface area contributed by atoms with E-state index >= 15 is 0 Å². The second kappa shape index (κ2) is 5.47. The third kappa shape index (κ3) is 2.96. The number of benzene rings is 1. The lowest BCUT2D eigenvalue weighted by Crippen LogP contribution is -1.90. The Morgan fingerprint density at radius 2 is 2.00 bits per heavy atom. The molecule has 0 spiro atoms. The highest BCUT2D eigenvalue weighted by atomic mass is 35.5. The predicted molar refractivity (Wildman–Crippen MR) is 70.8 cm³/mol. The van der Waals surface area contributed by atoms with Gasteiger partial charge in [0.25, 0.3) is 0 Å². The van der Waals surface area contributed by atoms with Gasteiger partial charge in [0.2, 0.25) is 0 Å². The minimum atomic E-state index is -0.0936. The van der Waals surface area contributed by atoms with Crippen LogP contribution in [0.15, 0.2) is 24.3 Å². The summed E-state index contributed by atoms with van der Waals surface area (Å²) in [4.78, 5) is 0. The molecule has 1 aromatic heterocycles. The van der Waals surface area contributed by atoms with Gasteiger partial charge in [-0.15, -0.1) is 21.8 Å². The summed E-state index contributed by atoms with van der Waals surface area (Å²) in [6, 6.07) is 7.83. The average Bonchev–Trinajstić information content (AvgIpc) is 2.80. The van der Waals surface area contributed by atoms with Crippen molar-refractivity contribution in [3.8, 4) is 16.3 Å². The van der Waals surface area contributed by atoms with E-state index in [1.807, 2.05) is 38.1 Å². The van der Waals surface area contributed by atoms with Gasteiger partial charge in [-0.05, 0) is 38.1 Å². The number of nitrogens with zero attached hydrogens (tertiary/aromatic N) is 2. The van der Waals surface area contributed by atoms with Crippen LogP contribution in [0.2, 0.25) is 0 Å². The van der Waals surface area contributed by atoms with Crippen LogP contribution in [0, 0.1) is 0 Å². The van der Waals surface area contributed by atoms with Crippen LogP contribution in [0.1, 0.15) is 24.2 Å². The summed E-state index contributed by atoms with van der Waals surface area (Å²) >= 11 is 7.48. The maximum Gasteiger partial charge on any atom is 0.147 e. The number of hydrogen-bond donors (Lipinski definition) is 0. The highest BCUT2D eigenvalue weighted by molar-refractivity contribution is 7.15. The predicted octanol–water partition coefficient (Wildman–Crippen LogP) is 3.90. The van der Waals surface area contributed by atoms with Crippen molar-refractivity contribution in [1.82, 2.24) is 10.2 Å². The highest BCUT2D eigenvalue weighted by Crippen LogP contribution is 2.30. The van der Waals surface area contributed by atoms with Gasteiger partial charge in [0, 0.05) is 5.56 Å². The van der Waals surface area contributed by atoms with Crippen molar-refractivity contribution < 1.29 is 4.74 Å². The fourth-order valence-electron chi connectivity index (χ4n) is 1.37. The van der Waals surface area contributed by atoms with Gasteiger partial charge < -0.3 is 4.74 Å². The Kier molecular flexibility index (Phi) is 3.97. The molecule has 90 valence electrons. The fraction of sp³-hybridized carbons (Fsp3) is 0.333. The normalized spacial score (nSPS) is 12.4. The fourth-order valence-corrected chi connectivity index (χ4v) is 2.33. The van der Waals surface area contributed by atoms with Crippen LogP contribution in [0.4, 0.5) is 0 Å². The number of aromatic nitrogens is 2. The van der Waals surface area contributed by atoms with Crippen LogP contribution in [-0.2, 0) is 0 Å². The SMILES string of the molecule is CCOc1ccc(-c2nnc(C(C)Cl)s2)cc1. The smallest absolute Gasteiger partial charge is 0.147 e. The minimum Gasteiger partial charge on any atom is -0.494 e. The van der Waals surface area contributed by atoms with Crippen LogP contribution < -0.4 is 4.74 Å². The molecule has 0 fully saturated rings. The van der Waals surface area contributed by atoms with E-state index in [1.165, 1.54) is 11.3 Å². The Morgan fingerprint density at radius 3 is 2.53 bits per heavy atom. The van der Waals surface area contributed by atoms with Gasteiger partial charge in [-0.3, -0.25) is 0 Å². The average molecular weight is 269 g/mol. The van der Waals surface area contributed by atoms with E-state index in [9.17, 15) is 0 Å². The number of ether oxygens (including phenoxy) is 1. The van der Waals surface area contributed by atoms with Crippen LogP contribution >= 0.6 is 22.9 Å². The summed E-state index contributed by atoms with van der Waals surface area (Å²) in [6.45, 7) is 4.53. The van der Waals surface area contributed by atoms with Crippen molar-refractivity contribution in [1.29, 1.82) is 0 Å². The Balaban J connectivity index is 2.21. The van der Waals surface area contributed by atoms with Gasteiger partial charge in [0.05, 0.1) is 12.0 Å². The third-order valence-electron chi connectivity index (χ3n) is 2.19. The van der Waals surface area contributed by atoms with Gasteiger partial charge in [-0.1, -0.05) is 11.3 Å². The second-order valence-electron chi connectivity index (χ2n) is 3.52. The maximum absolute atomic E-state index is 5.96. The molecule has 0 aliphatic rings. The van der Waals surface area contributed by atoms with Crippen molar-refractivity contribution in [2.45, 2.75) is 19.2 Å². The zero-order valence-electron chi connectivity index (χ0n) is 9.68. The molecule has 2 aromatic rings. The van der Waals surface area contributed by atoms with Gasteiger partial charge >= 0.3 is 0 Å². The number of halogens is 1. The van der Waals surface area contributed by atoms with E-state index < -0.39 is 0 Å². The molecule has 0 amide bonds. The molecule has 5 heteroatoms. The molecule has 3 nitrogen and oxygen atoms in total. The molecule has 0 aliphatic heterocycles. The topological polar surface area (TPSA) is 35.0 Å². The van der Waals surface area contributed by atoms with E-state index in [1.54, 1.807) is 0 Å². The first-order valence-corrected chi connectivity index (χ1v) is 6.66.